The van der Waals surface area contributed by atoms with Gasteiger partial charge in [-0.2, -0.15) is 4.98 Å². The molecule has 2 aromatic heterocycles. The van der Waals surface area contributed by atoms with Gasteiger partial charge in [-0.15, -0.1) is 0 Å². The van der Waals surface area contributed by atoms with Gasteiger partial charge in [0.1, 0.15) is 15.9 Å². The maximum atomic E-state index is 12.6. The molecule has 1 aliphatic rings. The van der Waals surface area contributed by atoms with E-state index in [1.165, 1.54) is 12.3 Å². The molecule has 1 aromatic carbocycles. The predicted octanol–water partition coefficient (Wildman–Crippen LogP) is 4.70. The van der Waals surface area contributed by atoms with Gasteiger partial charge in [0, 0.05) is 38.8 Å². The number of pyridine rings is 1. The van der Waals surface area contributed by atoms with Crippen molar-refractivity contribution < 1.29 is 8.42 Å². The number of nitrogens with zero attached hydrogens (tertiary/aromatic N) is 4. The fraction of sp³-hybridized carbons (Fsp3) is 0.435. The maximum Gasteiger partial charge on any atom is 0.242 e. The number of benzene rings is 1. The number of halogens is 2. The van der Waals surface area contributed by atoms with E-state index in [-0.39, 0.29) is 10.0 Å². The van der Waals surface area contributed by atoms with Crippen LogP contribution in [-0.4, -0.2) is 50.6 Å². The molecule has 0 amide bonds. The van der Waals surface area contributed by atoms with Crippen molar-refractivity contribution >= 4 is 60.2 Å². The molecule has 11 heteroatoms. The summed E-state index contributed by atoms with van der Waals surface area (Å²) < 4.78 is 28.4. The third-order valence-electron chi connectivity index (χ3n) is 6.17. The Kier molecular flexibility index (Phi) is 7.91. The average molecular weight is 568 g/mol. The molecule has 0 atom stereocenters. The fourth-order valence-corrected chi connectivity index (χ4v) is 5.91. The minimum atomic E-state index is -3.62. The molecule has 1 aliphatic carbocycles. The lowest BCUT2D eigenvalue weighted by Crippen LogP contribution is -2.32. The van der Waals surface area contributed by atoms with Crippen LogP contribution in [0.2, 0.25) is 5.15 Å². The van der Waals surface area contributed by atoms with Gasteiger partial charge in [0.2, 0.25) is 16.0 Å². The summed E-state index contributed by atoms with van der Waals surface area (Å²) in [7, 11) is 0.343. The lowest BCUT2D eigenvalue weighted by atomic mass is 9.82. The molecule has 2 N–H and O–H groups in total. The van der Waals surface area contributed by atoms with E-state index < -0.39 is 10.0 Å². The molecule has 0 radical (unpaired) electrons. The van der Waals surface area contributed by atoms with Gasteiger partial charge < -0.3 is 10.2 Å². The molecule has 0 saturated heterocycles. The van der Waals surface area contributed by atoms with E-state index in [1.807, 2.05) is 43.3 Å². The van der Waals surface area contributed by atoms with Crippen LogP contribution in [-0.2, 0) is 10.0 Å². The predicted molar refractivity (Wildman–Crippen MR) is 140 cm³/mol. The van der Waals surface area contributed by atoms with Crippen LogP contribution in [0.4, 0.5) is 11.8 Å². The Morgan fingerprint density at radius 2 is 1.76 bits per heavy atom. The molecule has 0 spiro atoms. The first-order valence-electron chi connectivity index (χ1n) is 11.2. The van der Waals surface area contributed by atoms with E-state index >= 15 is 0 Å². The van der Waals surface area contributed by atoms with Crippen LogP contribution in [0, 0.1) is 11.8 Å². The number of para-hydroxylation sites is 1. The summed E-state index contributed by atoms with van der Waals surface area (Å²) >= 11 is 9.09. The van der Waals surface area contributed by atoms with Crippen LogP contribution in [0.1, 0.15) is 25.7 Å². The summed E-state index contributed by atoms with van der Waals surface area (Å²) in [4.78, 5) is 15.4. The zero-order valence-electron chi connectivity index (χ0n) is 19.1. The summed E-state index contributed by atoms with van der Waals surface area (Å²) in [6, 6.07) is 9.48. The average Bonchev–Trinajstić information content (AvgIpc) is 2.83. The third kappa shape index (κ3) is 5.97. The number of hydrogen-bond donors (Lipinski definition) is 2. The molecular weight excluding hydrogens is 540 g/mol. The van der Waals surface area contributed by atoms with Gasteiger partial charge in [-0.3, -0.25) is 0 Å². The standard InChI is InChI=1S/C23H28BrClN6O2S/c1-31(2)22-18-5-3-4-6-20(18)29-23(30-22)27-12-15-7-9-16(10-8-15)13-28-34(32,33)17-11-19(24)21(25)26-14-17/h3-6,11,14-16,28H,7-10,12-13H2,1-2H3,(H,27,29,30). The quantitative estimate of drug-likeness (QED) is 0.381. The largest absolute Gasteiger partial charge is 0.362 e. The Hall–Kier alpha value is -2.01. The Morgan fingerprint density at radius 3 is 2.44 bits per heavy atom. The normalized spacial score (nSPS) is 18.7. The highest BCUT2D eigenvalue weighted by Gasteiger charge is 2.24. The van der Waals surface area contributed by atoms with Crippen LogP contribution >= 0.6 is 27.5 Å². The molecule has 3 aromatic rings. The second-order valence-corrected chi connectivity index (χ2v) is 11.8. The van der Waals surface area contributed by atoms with Crippen molar-refractivity contribution in [1.29, 1.82) is 0 Å². The highest BCUT2D eigenvalue weighted by Crippen LogP contribution is 2.30. The van der Waals surface area contributed by atoms with Crippen molar-refractivity contribution in [3.8, 4) is 0 Å². The number of rotatable bonds is 8. The molecule has 0 aliphatic heterocycles. The van der Waals surface area contributed by atoms with Crippen molar-refractivity contribution in [1.82, 2.24) is 19.7 Å². The van der Waals surface area contributed by atoms with Crippen LogP contribution in [0.15, 0.2) is 45.9 Å². The first-order valence-corrected chi connectivity index (χ1v) is 13.9. The summed E-state index contributed by atoms with van der Waals surface area (Å²) in [6.45, 7) is 1.22. The topological polar surface area (TPSA) is 100 Å². The molecular formula is C23H28BrClN6O2S. The van der Waals surface area contributed by atoms with Crippen molar-refractivity contribution in [2.75, 3.05) is 37.4 Å². The first kappa shape index (κ1) is 25.1. The SMILES string of the molecule is CN(C)c1nc(NCC2CCC(CNS(=O)(=O)c3cnc(Cl)c(Br)c3)CC2)nc2ccccc12. The number of aromatic nitrogens is 3. The van der Waals surface area contributed by atoms with Crippen LogP contribution in [0.3, 0.4) is 0 Å². The van der Waals surface area contributed by atoms with Crippen molar-refractivity contribution in [3.05, 3.63) is 46.2 Å². The van der Waals surface area contributed by atoms with E-state index in [1.54, 1.807) is 0 Å². The van der Waals surface area contributed by atoms with Gasteiger partial charge in [0.25, 0.3) is 0 Å². The lowest BCUT2D eigenvalue weighted by molar-refractivity contribution is 0.284. The van der Waals surface area contributed by atoms with E-state index in [0.717, 1.165) is 48.9 Å². The zero-order chi connectivity index (χ0) is 24.3. The second-order valence-electron chi connectivity index (χ2n) is 8.85. The molecule has 2 heterocycles. The van der Waals surface area contributed by atoms with Gasteiger partial charge in [0.05, 0.1) is 9.99 Å². The number of sulfonamides is 1. The number of nitrogens with one attached hydrogen (secondary N) is 2. The molecule has 182 valence electrons. The highest BCUT2D eigenvalue weighted by molar-refractivity contribution is 9.10. The number of fused-ring (bicyclic) bond motifs is 1. The van der Waals surface area contributed by atoms with E-state index in [9.17, 15) is 8.42 Å². The molecule has 1 saturated carbocycles. The van der Waals surface area contributed by atoms with Gasteiger partial charge in [0.15, 0.2) is 0 Å². The number of anilines is 2. The maximum absolute atomic E-state index is 12.6. The van der Waals surface area contributed by atoms with Crippen molar-refractivity contribution in [2.45, 2.75) is 30.6 Å². The van der Waals surface area contributed by atoms with Gasteiger partial charge >= 0.3 is 0 Å². The summed E-state index contributed by atoms with van der Waals surface area (Å²) in [5.74, 6) is 2.35. The molecule has 8 nitrogen and oxygen atoms in total. The second kappa shape index (κ2) is 10.7. The van der Waals surface area contributed by atoms with E-state index in [0.29, 0.717) is 28.8 Å². The van der Waals surface area contributed by atoms with Crippen LogP contribution < -0.4 is 14.9 Å². The Bertz CT molecular complexity index is 1270. The molecule has 4 rings (SSSR count). The molecule has 0 bridgehead atoms. The van der Waals surface area contributed by atoms with Crippen LogP contribution in [0.25, 0.3) is 10.9 Å². The van der Waals surface area contributed by atoms with E-state index in [4.69, 9.17) is 16.6 Å². The molecule has 34 heavy (non-hydrogen) atoms. The Morgan fingerprint density at radius 1 is 1.09 bits per heavy atom. The summed E-state index contributed by atoms with van der Waals surface area (Å²) in [6.07, 6.45) is 5.27. The van der Waals surface area contributed by atoms with Crippen molar-refractivity contribution in [3.63, 3.8) is 0 Å². The van der Waals surface area contributed by atoms with Gasteiger partial charge in [-0.05, 0) is 71.6 Å². The Labute approximate surface area is 213 Å². The lowest BCUT2D eigenvalue weighted by Gasteiger charge is -2.28. The monoisotopic (exact) mass is 566 g/mol. The fourth-order valence-electron chi connectivity index (χ4n) is 4.22. The minimum Gasteiger partial charge on any atom is -0.362 e. The third-order valence-corrected chi connectivity index (χ3v) is 8.69. The highest BCUT2D eigenvalue weighted by atomic mass is 79.9. The van der Waals surface area contributed by atoms with Gasteiger partial charge in [-0.25, -0.2) is 23.1 Å². The van der Waals surface area contributed by atoms with Crippen molar-refractivity contribution in [2.24, 2.45) is 11.8 Å². The minimum absolute atomic E-state index is 0.106. The summed E-state index contributed by atoms with van der Waals surface area (Å²) in [5.41, 5.74) is 0.919. The molecule has 0 unspecified atom stereocenters. The van der Waals surface area contributed by atoms with E-state index in [2.05, 4.69) is 35.9 Å². The summed E-state index contributed by atoms with van der Waals surface area (Å²) in [5, 5.41) is 4.69. The van der Waals surface area contributed by atoms with Crippen LogP contribution in [0.5, 0.6) is 0 Å². The molecule has 1 fully saturated rings. The zero-order valence-corrected chi connectivity index (χ0v) is 22.3. The smallest absolute Gasteiger partial charge is 0.242 e. The van der Waals surface area contributed by atoms with Gasteiger partial charge in [-0.1, -0.05) is 23.7 Å². The first-order chi connectivity index (χ1) is 16.2. The number of hydrogen-bond acceptors (Lipinski definition) is 7. The Balaban J connectivity index is 1.29.